The van der Waals surface area contributed by atoms with Crippen molar-refractivity contribution in [2.45, 2.75) is 46.1 Å². The molecular formula is C18H27N3O2. The molecule has 5 nitrogen and oxygen atoms in total. The van der Waals surface area contributed by atoms with E-state index in [4.69, 9.17) is 0 Å². The number of carbonyl (C=O) groups is 2. The van der Waals surface area contributed by atoms with Gasteiger partial charge in [0.2, 0.25) is 5.91 Å². The average molecular weight is 317 g/mol. The molecule has 1 aromatic carbocycles. The lowest BCUT2D eigenvalue weighted by Gasteiger charge is -2.13. The Bertz CT molecular complexity index is 563. The Kier molecular flexibility index (Phi) is 6.16. The third-order valence-electron chi connectivity index (χ3n) is 4.03. The molecule has 0 spiro atoms. The Labute approximate surface area is 138 Å². The predicted octanol–water partition coefficient (Wildman–Crippen LogP) is 2.46. The summed E-state index contributed by atoms with van der Waals surface area (Å²) in [5.74, 6) is 0.263. The summed E-state index contributed by atoms with van der Waals surface area (Å²) in [4.78, 5) is 24.1. The standard InChI is InChI=1S/C18H27N3O2/c1-12(2)9-17(22)21-16-7-6-14(10-13(16)3)18(23)20-11-15-5-4-8-19-15/h6-7,10,12,15,19H,4-5,8-9,11H2,1-3H3,(H,20,23)(H,21,22). The van der Waals surface area contributed by atoms with Gasteiger partial charge in [0.1, 0.15) is 0 Å². The van der Waals surface area contributed by atoms with Crippen LogP contribution in [0.3, 0.4) is 0 Å². The van der Waals surface area contributed by atoms with Gasteiger partial charge in [-0.3, -0.25) is 9.59 Å². The quantitative estimate of drug-likeness (QED) is 0.755. The topological polar surface area (TPSA) is 70.2 Å². The van der Waals surface area contributed by atoms with Crippen LogP contribution in [-0.4, -0.2) is 30.9 Å². The van der Waals surface area contributed by atoms with Crippen molar-refractivity contribution < 1.29 is 9.59 Å². The van der Waals surface area contributed by atoms with Crippen LogP contribution < -0.4 is 16.0 Å². The van der Waals surface area contributed by atoms with Gasteiger partial charge in [0.25, 0.3) is 5.91 Å². The Balaban J connectivity index is 1.92. The van der Waals surface area contributed by atoms with E-state index >= 15 is 0 Å². The minimum Gasteiger partial charge on any atom is -0.350 e. The average Bonchev–Trinajstić information content (AvgIpc) is 2.99. The number of nitrogens with one attached hydrogen (secondary N) is 3. The van der Waals surface area contributed by atoms with Crippen LogP contribution in [0.4, 0.5) is 5.69 Å². The summed E-state index contributed by atoms with van der Waals surface area (Å²) in [6.07, 6.45) is 2.78. The van der Waals surface area contributed by atoms with Crippen molar-refractivity contribution in [3.63, 3.8) is 0 Å². The number of anilines is 1. The Morgan fingerprint density at radius 2 is 2.13 bits per heavy atom. The lowest BCUT2D eigenvalue weighted by molar-refractivity contribution is -0.116. The van der Waals surface area contributed by atoms with Crippen LogP contribution in [0.2, 0.25) is 0 Å². The van der Waals surface area contributed by atoms with E-state index in [1.54, 1.807) is 12.1 Å². The maximum Gasteiger partial charge on any atom is 0.251 e. The molecule has 5 heteroatoms. The zero-order chi connectivity index (χ0) is 16.8. The van der Waals surface area contributed by atoms with Crippen LogP contribution in [0.5, 0.6) is 0 Å². The highest BCUT2D eigenvalue weighted by Crippen LogP contribution is 2.17. The number of benzene rings is 1. The first kappa shape index (κ1) is 17.5. The normalized spacial score (nSPS) is 17.3. The molecule has 0 aliphatic carbocycles. The zero-order valence-corrected chi connectivity index (χ0v) is 14.2. The van der Waals surface area contributed by atoms with Crippen molar-refractivity contribution in [2.75, 3.05) is 18.4 Å². The predicted molar refractivity (Wildman–Crippen MR) is 92.6 cm³/mol. The van der Waals surface area contributed by atoms with Gasteiger partial charge in [-0.15, -0.1) is 0 Å². The molecule has 1 heterocycles. The van der Waals surface area contributed by atoms with E-state index in [-0.39, 0.29) is 11.8 Å². The Morgan fingerprint density at radius 1 is 1.35 bits per heavy atom. The van der Waals surface area contributed by atoms with Gasteiger partial charge in [0.15, 0.2) is 0 Å². The van der Waals surface area contributed by atoms with E-state index in [1.807, 2.05) is 26.8 Å². The molecule has 1 saturated heterocycles. The van der Waals surface area contributed by atoms with Gasteiger partial charge in [0.05, 0.1) is 0 Å². The number of amides is 2. The van der Waals surface area contributed by atoms with Crippen molar-refractivity contribution in [2.24, 2.45) is 5.92 Å². The van der Waals surface area contributed by atoms with E-state index in [9.17, 15) is 9.59 Å². The fourth-order valence-electron chi connectivity index (χ4n) is 2.77. The number of carbonyl (C=O) groups excluding carboxylic acids is 2. The number of hydrogen-bond acceptors (Lipinski definition) is 3. The maximum atomic E-state index is 12.2. The summed E-state index contributed by atoms with van der Waals surface area (Å²) in [6.45, 7) is 7.62. The summed E-state index contributed by atoms with van der Waals surface area (Å²) in [5, 5.41) is 9.23. The molecule has 3 N–H and O–H groups in total. The molecule has 2 rings (SSSR count). The highest BCUT2D eigenvalue weighted by atomic mass is 16.2. The van der Waals surface area contributed by atoms with Crippen LogP contribution in [0.25, 0.3) is 0 Å². The number of aryl methyl sites for hydroxylation is 1. The maximum absolute atomic E-state index is 12.2. The first-order valence-electron chi connectivity index (χ1n) is 8.38. The second kappa shape index (κ2) is 8.11. The van der Waals surface area contributed by atoms with E-state index < -0.39 is 0 Å². The molecule has 23 heavy (non-hydrogen) atoms. The van der Waals surface area contributed by atoms with Crippen molar-refractivity contribution in [1.82, 2.24) is 10.6 Å². The van der Waals surface area contributed by atoms with Gasteiger partial charge in [-0.25, -0.2) is 0 Å². The number of rotatable bonds is 6. The van der Waals surface area contributed by atoms with Gasteiger partial charge in [0, 0.05) is 30.3 Å². The molecule has 1 aromatic rings. The van der Waals surface area contributed by atoms with E-state index in [1.165, 1.54) is 6.42 Å². The minimum atomic E-state index is -0.0677. The van der Waals surface area contributed by atoms with Crippen LogP contribution in [0, 0.1) is 12.8 Å². The molecule has 0 bridgehead atoms. The van der Waals surface area contributed by atoms with Crippen molar-refractivity contribution in [3.05, 3.63) is 29.3 Å². The summed E-state index contributed by atoms with van der Waals surface area (Å²) in [6, 6.07) is 5.77. The van der Waals surface area contributed by atoms with Gasteiger partial charge < -0.3 is 16.0 Å². The lowest BCUT2D eigenvalue weighted by Crippen LogP contribution is -2.37. The summed E-state index contributed by atoms with van der Waals surface area (Å²) in [7, 11) is 0. The molecule has 1 aliphatic rings. The van der Waals surface area contributed by atoms with E-state index in [0.717, 1.165) is 24.2 Å². The second-order valence-corrected chi connectivity index (χ2v) is 6.68. The van der Waals surface area contributed by atoms with Gasteiger partial charge in [-0.1, -0.05) is 13.8 Å². The Morgan fingerprint density at radius 3 is 2.74 bits per heavy atom. The molecule has 1 fully saturated rings. The Hall–Kier alpha value is -1.88. The van der Waals surface area contributed by atoms with Crippen molar-refractivity contribution in [1.29, 1.82) is 0 Å². The van der Waals surface area contributed by atoms with Gasteiger partial charge in [-0.2, -0.15) is 0 Å². The fourth-order valence-corrected chi connectivity index (χ4v) is 2.77. The molecule has 0 aromatic heterocycles. The molecule has 1 atom stereocenters. The van der Waals surface area contributed by atoms with E-state index in [2.05, 4.69) is 16.0 Å². The summed E-state index contributed by atoms with van der Waals surface area (Å²) >= 11 is 0. The molecule has 0 radical (unpaired) electrons. The molecule has 1 unspecified atom stereocenters. The molecule has 1 aliphatic heterocycles. The SMILES string of the molecule is Cc1cc(C(=O)NCC2CCCN2)ccc1NC(=O)CC(C)C. The third kappa shape index (κ3) is 5.36. The van der Waals surface area contributed by atoms with Gasteiger partial charge >= 0.3 is 0 Å². The molecule has 126 valence electrons. The van der Waals surface area contributed by atoms with Crippen LogP contribution >= 0.6 is 0 Å². The highest BCUT2D eigenvalue weighted by Gasteiger charge is 2.16. The first-order chi connectivity index (χ1) is 11.0. The lowest BCUT2D eigenvalue weighted by atomic mass is 10.1. The van der Waals surface area contributed by atoms with Crippen molar-refractivity contribution in [3.8, 4) is 0 Å². The number of hydrogen-bond donors (Lipinski definition) is 3. The van der Waals surface area contributed by atoms with E-state index in [0.29, 0.717) is 30.5 Å². The largest absolute Gasteiger partial charge is 0.350 e. The van der Waals surface area contributed by atoms with Crippen LogP contribution in [0.15, 0.2) is 18.2 Å². The van der Waals surface area contributed by atoms with Crippen LogP contribution in [0.1, 0.15) is 49.0 Å². The second-order valence-electron chi connectivity index (χ2n) is 6.68. The highest BCUT2D eigenvalue weighted by molar-refractivity contribution is 5.96. The van der Waals surface area contributed by atoms with Crippen LogP contribution in [-0.2, 0) is 4.79 Å². The molecule has 2 amide bonds. The van der Waals surface area contributed by atoms with Crippen molar-refractivity contribution >= 4 is 17.5 Å². The zero-order valence-electron chi connectivity index (χ0n) is 14.2. The third-order valence-corrected chi connectivity index (χ3v) is 4.03. The van der Waals surface area contributed by atoms with Gasteiger partial charge in [-0.05, 0) is 56.0 Å². The summed E-state index contributed by atoms with van der Waals surface area (Å²) < 4.78 is 0. The first-order valence-corrected chi connectivity index (χ1v) is 8.38. The summed E-state index contributed by atoms with van der Waals surface area (Å²) in [5.41, 5.74) is 2.29. The smallest absolute Gasteiger partial charge is 0.251 e. The molecular weight excluding hydrogens is 290 g/mol. The monoisotopic (exact) mass is 317 g/mol. The fraction of sp³-hybridized carbons (Fsp3) is 0.556. The molecule has 0 saturated carbocycles. The minimum absolute atomic E-state index is 0.00705.